The van der Waals surface area contributed by atoms with Gasteiger partial charge in [0, 0.05) is 12.6 Å². The van der Waals surface area contributed by atoms with Gasteiger partial charge in [0.1, 0.15) is 0 Å². The molecule has 1 atom stereocenters. The second-order valence-electron chi connectivity index (χ2n) is 4.03. The second kappa shape index (κ2) is 3.11. The Hall–Kier alpha value is -0.0800. The predicted molar refractivity (Wildman–Crippen MR) is 46.6 cm³/mol. The second-order valence-corrected chi connectivity index (χ2v) is 4.03. The molecule has 1 heterocycles. The zero-order valence-electron chi connectivity index (χ0n) is 7.34. The number of nitrogens with zero attached hydrogens (tertiary/aromatic N) is 1. The zero-order valence-corrected chi connectivity index (χ0v) is 7.34. The molecule has 0 radical (unpaired) electrons. The third-order valence-corrected chi connectivity index (χ3v) is 2.88. The van der Waals surface area contributed by atoms with Crippen molar-refractivity contribution in [2.75, 3.05) is 26.7 Å². The van der Waals surface area contributed by atoms with Crippen molar-refractivity contribution in [3.8, 4) is 0 Å². The summed E-state index contributed by atoms with van der Waals surface area (Å²) in [6.07, 6.45) is 4.27. The van der Waals surface area contributed by atoms with Crippen molar-refractivity contribution < 1.29 is 0 Å². The van der Waals surface area contributed by atoms with Crippen LogP contribution in [0, 0.1) is 5.92 Å². The molecule has 11 heavy (non-hydrogen) atoms. The average Bonchev–Trinajstić information content (AvgIpc) is 2.73. The van der Waals surface area contributed by atoms with Gasteiger partial charge in [0.05, 0.1) is 0 Å². The third-order valence-electron chi connectivity index (χ3n) is 2.88. The van der Waals surface area contributed by atoms with Crippen LogP contribution in [0.25, 0.3) is 0 Å². The van der Waals surface area contributed by atoms with Gasteiger partial charge in [-0.05, 0) is 45.3 Å². The van der Waals surface area contributed by atoms with E-state index in [2.05, 4.69) is 17.3 Å². The normalized spacial score (nSPS) is 31.6. The third kappa shape index (κ3) is 1.94. The van der Waals surface area contributed by atoms with E-state index in [1.54, 1.807) is 0 Å². The molecule has 0 spiro atoms. The van der Waals surface area contributed by atoms with Gasteiger partial charge in [0.15, 0.2) is 0 Å². The minimum Gasteiger partial charge on any atom is -0.316 e. The maximum absolute atomic E-state index is 3.41. The summed E-state index contributed by atoms with van der Waals surface area (Å²) in [7, 11) is 2.27. The first kappa shape index (κ1) is 7.56. The van der Waals surface area contributed by atoms with E-state index in [0.29, 0.717) is 0 Å². The fourth-order valence-electron chi connectivity index (χ4n) is 1.94. The van der Waals surface area contributed by atoms with Crippen LogP contribution in [0.1, 0.15) is 19.3 Å². The molecule has 0 amide bonds. The van der Waals surface area contributed by atoms with E-state index in [0.717, 1.165) is 12.0 Å². The van der Waals surface area contributed by atoms with Crippen LogP contribution in [-0.4, -0.2) is 37.6 Å². The summed E-state index contributed by atoms with van der Waals surface area (Å²) in [5.74, 6) is 0.931. The summed E-state index contributed by atoms with van der Waals surface area (Å²) >= 11 is 0. The Morgan fingerprint density at radius 1 is 1.36 bits per heavy atom. The molecule has 2 rings (SSSR count). The number of nitrogens with one attached hydrogen (secondary N) is 1. The van der Waals surface area contributed by atoms with Gasteiger partial charge in [-0.3, -0.25) is 0 Å². The van der Waals surface area contributed by atoms with E-state index in [9.17, 15) is 0 Å². The van der Waals surface area contributed by atoms with Crippen LogP contribution in [0.4, 0.5) is 0 Å². The van der Waals surface area contributed by atoms with Crippen LogP contribution < -0.4 is 5.32 Å². The molecular formula is C9H18N2. The van der Waals surface area contributed by atoms with Gasteiger partial charge in [-0.2, -0.15) is 0 Å². The summed E-state index contributed by atoms with van der Waals surface area (Å²) in [5, 5.41) is 3.41. The molecule has 2 heteroatoms. The van der Waals surface area contributed by atoms with Gasteiger partial charge in [0.25, 0.3) is 0 Å². The fraction of sp³-hybridized carbons (Fsp3) is 1.00. The SMILES string of the molecule is CN(CC1CCNC1)C1CC1. The maximum Gasteiger partial charge on any atom is 0.00934 e. The Morgan fingerprint density at radius 2 is 2.18 bits per heavy atom. The first-order valence-electron chi connectivity index (χ1n) is 4.77. The predicted octanol–water partition coefficient (Wildman–Crippen LogP) is 0.690. The summed E-state index contributed by atoms with van der Waals surface area (Å²) in [6.45, 7) is 3.80. The first-order chi connectivity index (χ1) is 5.36. The molecule has 0 aromatic rings. The Morgan fingerprint density at radius 3 is 2.73 bits per heavy atom. The lowest BCUT2D eigenvalue weighted by Crippen LogP contribution is -2.28. The average molecular weight is 154 g/mol. The molecule has 0 bridgehead atoms. The number of hydrogen-bond donors (Lipinski definition) is 1. The largest absolute Gasteiger partial charge is 0.316 e. The lowest BCUT2D eigenvalue weighted by atomic mass is 10.1. The fourth-order valence-corrected chi connectivity index (χ4v) is 1.94. The van der Waals surface area contributed by atoms with Crippen molar-refractivity contribution in [1.29, 1.82) is 0 Å². The summed E-state index contributed by atoms with van der Waals surface area (Å²) in [5.41, 5.74) is 0. The topological polar surface area (TPSA) is 15.3 Å². The lowest BCUT2D eigenvalue weighted by molar-refractivity contribution is 0.276. The molecule has 1 saturated heterocycles. The van der Waals surface area contributed by atoms with E-state index in [-0.39, 0.29) is 0 Å². The van der Waals surface area contributed by atoms with Gasteiger partial charge in [-0.15, -0.1) is 0 Å². The van der Waals surface area contributed by atoms with Gasteiger partial charge in [-0.1, -0.05) is 0 Å². The molecule has 2 fully saturated rings. The lowest BCUT2D eigenvalue weighted by Gasteiger charge is -2.19. The first-order valence-corrected chi connectivity index (χ1v) is 4.77. The minimum absolute atomic E-state index is 0.931. The number of hydrogen-bond acceptors (Lipinski definition) is 2. The summed E-state index contributed by atoms with van der Waals surface area (Å²) in [6, 6.07) is 0.940. The highest BCUT2D eigenvalue weighted by Crippen LogP contribution is 2.26. The van der Waals surface area contributed by atoms with Gasteiger partial charge < -0.3 is 10.2 Å². The molecule has 1 aliphatic carbocycles. The monoisotopic (exact) mass is 154 g/mol. The van der Waals surface area contributed by atoms with Crippen molar-refractivity contribution in [3.63, 3.8) is 0 Å². The summed E-state index contributed by atoms with van der Waals surface area (Å²) in [4.78, 5) is 2.54. The molecule has 0 aromatic heterocycles. The molecule has 2 nitrogen and oxygen atoms in total. The van der Waals surface area contributed by atoms with Gasteiger partial charge in [-0.25, -0.2) is 0 Å². The van der Waals surface area contributed by atoms with E-state index in [1.165, 1.54) is 38.9 Å². The highest BCUT2D eigenvalue weighted by atomic mass is 15.2. The smallest absolute Gasteiger partial charge is 0.00934 e. The number of rotatable bonds is 3. The standard InChI is InChI=1S/C9H18N2/c1-11(9-2-3-9)7-8-4-5-10-6-8/h8-10H,2-7H2,1H3. The van der Waals surface area contributed by atoms with Crippen LogP contribution in [0.5, 0.6) is 0 Å². The summed E-state index contributed by atoms with van der Waals surface area (Å²) < 4.78 is 0. The van der Waals surface area contributed by atoms with E-state index >= 15 is 0 Å². The molecular weight excluding hydrogens is 136 g/mol. The van der Waals surface area contributed by atoms with Gasteiger partial charge >= 0.3 is 0 Å². The van der Waals surface area contributed by atoms with E-state index in [4.69, 9.17) is 0 Å². The molecule has 1 aliphatic heterocycles. The van der Waals surface area contributed by atoms with Crippen molar-refractivity contribution in [3.05, 3.63) is 0 Å². The maximum atomic E-state index is 3.41. The van der Waals surface area contributed by atoms with Crippen molar-refractivity contribution in [2.24, 2.45) is 5.92 Å². The molecule has 1 unspecified atom stereocenters. The van der Waals surface area contributed by atoms with Gasteiger partial charge in [0.2, 0.25) is 0 Å². The van der Waals surface area contributed by atoms with Crippen LogP contribution in [0.2, 0.25) is 0 Å². The Balaban J connectivity index is 1.70. The van der Waals surface area contributed by atoms with Crippen LogP contribution in [0.3, 0.4) is 0 Å². The van der Waals surface area contributed by atoms with Crippen LogP contribution >= 0.6 is 0 Å². The van der Waals surface area contributed by atoms with Crippen molar-refractivity contribution in [2.45, 2.75) is 25.3 Å². The Bertz CT molecular complexity index is 126. The molecule has 2 aliphatic rings. The van der Waals surface area contributed by atoms with Crippen molar-refractivity contribution in [1.82, 2.24) is 10.2 Å². The Kier molecular flexibility index (Phi) is 2.14. The van der Waals surface area contributed by atoms with Crippen molar-refractivity contribution >= 4 is 0 Å². The highest BCUT2D eigenvalue weighted by Gasteiger charge is 2.28. The Labute approximate surface area is 69.0 Å². The minimum atomic E-state index is 0.931. The molecule has 0 aromatic carbocycles. The molecule has 1 N–H and O–H groups in total. The van der Waals surface area contributed by atoms with Crippen LogP contribution in [0.15, 0.2) is 0 Å². The quantitative estimate of drug-likeness (QED) is 0.643. The molecule has 64 valence electrons. The zero-order chi connectivity index (χ0) is 7.68. The van der Waals surface area contributed by atoms with E-state index in [1.807, 2.05) is 0 Å². The van der Waals surface area contributed by atoms with Crippen LogP contribution in [-0.2, 0) is 0 Å². The highest BCUT2D eigenvalue weighted by molar-refractivity contribution is 4.85. The van der Waals surface area contributed by atoms with E-state index < -0.39 is 0 Å². The molecule has 1 saturated carbocycles.